The molecule has 0 N–H and O–H groups in total. The van der Waals surface area contributed by atoms with Gasteiger partial charge in [0.25, 0.3) is 5.88 Å². The lowest BCUT2D eigenvalue weighted by atomic mass is 10.2. The Morgan fingerprint density at radius 3 is 2.61 bits per heavy atom. The predicted octanol–water partition coefficient (Wildman–Crippen LogP) is 4.46. The molecule has 0 aliphatic heterocycles. The Labute approximate surface area is 158 Å². The van der Waals surface area contributed by atoms with E-state index >= 15 is 0 Å². The average molecular weight is 456 g/mol. The molecule has 132 valence electrons. The fourth-order valence-corrected chi connectivity index (χ4v) is 2.79. The van der Waals surface area contributed by atoms with E-state index in [2.05, 4.69) is 38.8 Å². The molecule has 1 unspecified atom stereocenters. The van der Waals surface area contributed by atoms with Crippen LogP contribution < -0.4 is 9.47 Å². The van der Waals surface area contributed by atoms with Gasteiger partial charge in [-0.05, 0) is 59.7 Å². The Morgan fingerprint density at radius 2 is 2.04 bits per heavy atom. The lowest BCUT2D eigenvalue weighted by molar-refractivity contribution is 0.0449. The fraction of sp³-hybridized carbons (Fsp3) is 0.688. The van der Waals surface area contributed by atoms with Crippen LogP contribution in [0.3, 0.4) is 0 Å². The number of methoxy groups -OCH3 is 1. The molecule has 1 aromatic heterocycles. The minimum Gasteiger partial charge on any atom is -0.470 e. The lowest BCUT2D eigenvalue weighted by Gasteiger charge is -2.36. The molecule has 0 saturated carbocycles. The van der Waals surface area contributed by atoms with Crippen molar-refractivity contribution in [3.05, 3.63) is 15.8 Å². The van der Waals surface area contributed by atoms with Gasteiger partial charge in [-0.15, -0.1) is 0 Å². The maximum Gasteiger partial charge on any atom is 0.258 e. The Hall–Kier alpha value is -0.383. The van der Waals surface area contributed by atoms with Crippen LogP contribution in [0.2, 0.25) is 18.1 Å². The summed E-state index contributed by atoms with van der Waals surface area (Å²) in [4.78, 5) is 4.26. The van der Waals surface area contributed by atoms with Crippen molar-refractivity contribution in [3.8, 4) is 11.6 Å². The highest BCUT2D eigenvalue weighted by atomic mass is 127. The number of hydrogen-bond acceptors (Lipinski definition) is 5. The minimum absolute atomic E-state index is 0.0114. The van der Waals surface area contributed by atoms with Gasteiger partial charge in [-0.25, -0.2) is 4.98 Å². The molecular weight excluding hydrogens is 425 g/mol. The molecule has 0 fully saturated rings. The van der Waals surface area contributed by atoms with Crippen LogP contribution in [0.1, 0.15) is 31.7 Å². The SMILES string of the molecule is [2H]C([2H])([2H])C(CO[Si](C)(C)C(C)(C)C)Oc1nc(I)ccc1OCOC. The maximum absolute atomic E-state index is 7.81. The van der Waals surface area contributed by atoms with Crippen molar-refractivity contribution < 1.29 is 22.7 Å². The van der Waals surface area contributed by atoms with Crippen LogP contribution in [0.25, 0.3) is 0 Å². The summed E-state index contributed by atoms with van der Waals surface area (Å²) < 4.78 is 46.2. The Morgan fingerprint density at radius 1 is 1.35 bits per heavy atom. The van der Waals surface area contributed by atoms with E-state index < -0.39 is 21.3 Å². The third-order valence-electron chi connectivity index (χ3n) is 3.78. The average Bonchev–Trinajstić information content (AvgIpc) is 2.48. The summed E-state index contributed by atoms with van der Waals surface area (Å²) in [6.07, 6.45) is -1.15. The monoisotopic (exact) mass is 456 g/mol. The van der Waals surface area contributed by atoms with Crippen LogP contribution in [-0.2, 0) is 9.16 Å². The fourth-order valence-electron chi connectivity index (χ4n) is 1.39. The number of rotatable bonds is 8. The second-order valence-electron chi connectivity index (χ2n) is 6.67. The van der Waals surface area contributed by atoms with Gasteiger partial charge in [-0.3, -0.25) is 0 Å². The van der Waals surface area contributed by atoms with Crippen molar-refractivity contribution >= 4 is 30.9 Å². The number of ether oxygens (including phenoxy) is 3. The molecule has 1 aromatic rings. The summed E-state index contributed by atoms with van der Waals surface area (Å²) in [5, 5.41) is -0.0284. The molecule has 0 bridgehead atoms. The van der Waals surface area contributed by atoms with Crippen LogP contribution in [-0.4, -0.2) is 39.9 Å². The van der Waals surface area contributed by atoms with Gasteiger partial charge >= 0.3 is 0 Å². The topological polar surface area (TPSA) is 49.8 Å². The van der Waals surface area contributed by atoms with Crippen molar-refractivity contribution in [1.29, 1.82) is 0 Å². The maximum atomic E-state index is 7.81. The number of pyridine rings is 1. The molecule has 1 rings (SSSR count). The standard InChI is InChI=1S/C16H28INO4Si/c1-12(10-21-23(6,7)16(2,3)4)22-15-13(20-11-19-5)8-9-14(17)18-15/h8-9,12H,10-11H2,1-7H3/i1D3. The Bertz CT molecular complexity index is 594. The molecule has 0 aromatic carbocycles. The van der Waals surface area contributed by atoms with E-state index in [-0.39, 0.29) is 24.3 Å². The van der Waals surface area contributed by atoms with E-state index in [0.717, 1.165) is 0 Å². The number of aromatic nitrogens is 1. The Balaban J connectivity index is 3.01. The van der Waals surface area contributed by atoms with E-state index in [1.807, 2.05) is 22.6 Å². The van der Waals surface area contributed by atoms with E-state index in [9.17, 15) is 0 Å². The summed E-state index contributed by atoms with van der Waals surface area (Å²) in [7, 11) is -0.613. The highest BCUT2D eigenvalue weighted by Crippen LogP contribution is 2.36. The zero-order valence-electron chi connectivity index (χ0n) is 17.6. The van der Waals surface area contributed by atoms with Gasteiger partial charge in [0.15, 0.2) is 20.9 Å². The van der Waals surface area contributed by atoms with Gasteiger partial charge in [0, 0.05) is 11.2 Å². The molecule has 0 saturated heterocycles. The molecule has 0 amide bonds. The third-order valence-corrected chi connectivity index (χ3v) is 8.88. The first kappa shape index (κ1) is 16.1. The van der Waals surface area contributed by atoms with E-state index in [0.29, 0.717) is 9.45 Å². The largest absolute Gasteiger partial charge is 0.470 e. The molecule has 23 heavy (non-hydrogen) atoms. The zero-order chi connectivity index (χ0) is 20.2. The van der Waals surface area contributed by atoms with E-state index in [1.54, 1.807) is 12.1 Å². The van der Waals surface area contributed by atoms with Gasteiger partial charge in [-0.2, -0.15) is 0 Å². The first-order valence-electron chi connectivity index (χ1n) is 8.87. The second-order valence-corrected chi connectivity index (χ2v) is 12.6. The minimum atomic E-state index is -2.36. The van der Waals surface area contributed by atoms with Crippen molar-refractivity contribution in [2.45, 2.75) is 51.9 Å². The molecule has 0 aliphatic carbocycles. The molecule has 1 atom stereocenters. The highest BCUT2D eigenvalue weighted by Gasteiger charge is 2.37. The summed E-state index contributed by atoms with van der Waals surface area (Å²) in [5.41, 5.74) is 0. The second kappa shape index (κ2) is 8.64. The number of nitrogens with zero attached hydrogens (tertiary/aromatic N) is 1. The van der Waals surface area contributed by atoms with Crippen LogP contribution in [0, 0.1) is 3.70 Å². The third kappa shape index (κ3) is 6.56. The van der Waals surface area contributed by atoms with Gasteiger partial charge in [0.1, 0.15) is 9.80 Å². The first-order valence-corrected chi connectivity index (χ1v) is 11.4. The van der Waals surface area contributed by atoms with Crippen molar-refractivity contribution in [2.24, 2.45) is 0 Å². The first-order chi connectivity index (χ1) is 11.8. The smallest absolute Gasteiger partial charge is 0.258 e. The zero-order valence-corrected chi connectivity index (χ0v) is 17.8. The van der Waals surface area contributed by atoms with Crippen LogP contribution >= 0.6 is 22.6 Å². The molecule has 0 aliphatic rings. The van der Waals surface area contributed by atoms with Crippen LogP contribution in [0.5, 0.6) is 11.6 Å². The van der Waals surface area contributed by atoms with Gasteiger partial charge in [0.05, 0.1) is 6.61 Å². The predicted molar refractivity (Wildman–Crippen MR) is 103 cm³/mol. The van der Waals surface area contributed by atoms with E-state index in [4.69, 9.17) is 22.7 Å². The summed E-state index contributed by atoms with van der Waals surface area (Å²) >= 11 is 2.03. The molecule has 7 heteroatoms. The molecule has 0 radical (unpaired) electrons. The molecule has 0 spiro atoms. The summed E-state index contributed by atoms with van der Waals surface area (Å²) in [6, 6.07) is 3.42. The quantitative estimate of drug-likeness (QED) is 0.250. The van der Waals surface area contributed by atoms with Crippen molar-refractivity contribution in [2.75, 3.05) is 20.5 Å². The Kier molecular flexibility index (Phi) is 6.05. The lowest BCUT2D eigenvalue weighted by Crippen LogP contribution is -2.43. The highest BCUT2D eigenvalue weighted by molar-refractivity contribution is 14.1. The van der Waals surface area contributed by atoms with Crippen molar-refractivity contribution in [1.82, 2.24) is 4.98 Å². The van der Waals surface area contributed by atoms with Crippen LogP contribution in [0.4, 0.5) is 0 Å². The molecular formula is C16H28INO4Si. The van der Waals surface area contributed by atoms with E-state index in [1.165, 1.54) is 7.11 Å². The number of hydrogen-bond donors (Lipinski definition) is 0. The summed E-state index contributed by atoms with van der Waals surface area (Å²) in [5.74, 6) is 0.447. The normalized spacial score (nSPS) is 16.2. The van der Waals surface area contributed by atoms with Gasteiger partial charge in [0.2, 0.25) is 0 Å². The van der Waals surface area contributed by atoms with Gasteiger partial charge in [-0.1, -0.05) is 20.8 Å². The van der Waals surface area contributed by atoms with Crippen molar-refractivity contribution in [3.63, 3.8) is 0 Å². The van der Waals surface area contributed by atoms with Gasteiger partial charge < -0.3 is 18.6 Å². The summed E-state index contributed by atoms with van der Waals surface area (Å²) in [6.45, 7) is 8.05. The molecule has 1 heterocycles. The van der Waals surface area contributed by atoms with Crippen LogP contribution in [0.15, 0.2) is 12.1 Å². The molecule has 5 nitrogen and oxygen atoms in total. The number of halogens is 1.